The van der Waals surface area contributed by atoms with Gasteiger partial charge in [-0.15, -0.1) is 0 Å². The van der Waals surface area contributed by atoms with Crippen LogP contribution in [0.25, 0.3) is 0 Å². The molecular formula is C14H15FN2O3. The number of nitrogens with zero attached hydrogens (tertiary/aromatic N) is 1. The first-order valence-electron chi connectivity index (χ1n) is 6.56. The van der Waals surface area contributed by atoms with Gasteiger partial charge in [-0.2, -0.15) is 0 Å². The van der Waals surface area contributed by atoms with Crippen molar-refractivity contribution < 1.29 is 18.7 Å². The lowest BCUT2D eigenvalue weighted by Gasteiger charge is -2.25. The van der Waals surface area contributed by atoms with Crippen LogP contribution >= 0.6 is 0 Å². The number of benzene rings is 1. The van der Waals surface area contributed by atoms with Crippen LogP contribution in [0.5, 0.6) is 0 Å². The maximum Gasteiger partial charge on any atom is 0.296 e. The Bertz CT molecular complexity index is 584. The number of anilines is 2. The molecule has 1 saturated carbocycles. The van der Waals surface area contributed by atoms with Gasteiger partial charge in [-0.05, 0) is 25.0 Å². The Kier molecular flexibility index (Phi) is 3.17. The topological polar surface area (TPSA) is 58.6 Å². The fourth-order valence-corrected chi connectivity index (χ4v) is 2.45. The van der Waals surface area contributed by atoms with Gasteiger partial charge in [-0.3, -0.25) is 9.59 Å². The van der Waals surface area contributed by atoms with Crippen LogP contribution in [0, 0.1) is 5.82 Å². The maximum atomic E-state index is 14.2. The number of fused-ring (bicyclic) bond motifs is 1. The van der Waals surface area contributed by atoms with E-state index >= 15 is 0 Å². The molecule has 3 rings (SSSR count). The molecule has 106 valence electrons. The fraction of sp³-hybridized carbons (Fsp3) is 0.429. The quantitative estimate of drug-likeness (QED) is 0.831. The highest BCUT2D eigenvalue weighted by molar-refractivity contribution is 6.51. The van der Waals surface area contributed by atoms with E-state index in [1.54, 1.807) is 13.2 Å². The maximum absolute atomic E-state index is 14.2. The molecule has 1 aliphatic heterocycles. The molecule has 6 heteroatoms. The zero-order valence-corrected chi connectivity index (χ0v) is 11.1. The minimum Gasteiger partial charge on any atom is -0.383 e. The van der Waals surface area contributed by atoms with Gasteiger partial charge in [0.2, 0.25) is 0 Å². The number of ketones is 1. The van der Waals surface area contributed by atoms with E-state index in [0.717, 1.165) is 18.9 Å². The molecule has 1 aromatic rings. The third-order valence-corrected chi connectivity index (χ3v) is 3.62. The van der Waals surface area contributed by atoms with Gasteiger partial charge in [-0.1, -0.05) is 0 Å². The van der Waals surface area contributed by atoms with Crippen molar-refractivity contribution in [1.29, 1.82) is 0 Å². The highest BCUT2D eigenvalue weighted by atomic mass is 19.1. The van der Waals surface area contributed by atoms with Crippen molar-refractivity contribution in [2.24, 2.45) is 0 Å². The van der Waals surface area contributed by atoms with E-state index in [1.807, 2.05) is 4.90 Å². The zero-order valence-electron chi connectivity index (χ0n) is 11.1. The predicted octanol–water partition coefficient (Wildman–Crippen LogP) is 1.58. The Morgan fingerprint density at radius 3 is 2.80 bits per heavy atom. The molecule has 1 amide bonds. The molecule has 1 aliphatic carbocycles. The number of amides is 1. The molecular weight excluding hydrogens is 263 g/mol. The number of rotatable bonds is 5. The van der Waals surface area contributed by atoms with E-state index < -0.39 is 17.5 Å². The average molecular weight is 278 g/mol. The number of carbonyl (C=O) groups excluding carboxylic acids is 2. The molecule has 0 saturated heterocycles. The van der Waals surface area contributed by atoms with Crippen LogP contribution in [-0.4, -0.2) is 38.0 Å². The number of methoxy groups -OCH3 is 1. The first-order chi connectivity index (χ1) is 9.61. The summed E-state index contributed by atoms with van der Waals surface area (Å²) in [6, 6.07) is 3.00. The van der Waals surface area contributed by atoms with Crippen LogP contribution in [-0.2, 0) is 9.53 Å². The van der Waals surface area contributed by atoms with E-state index in [4.69, 9.17) is 4.74 Å². The van der Waals surface area contributed by atoms with Gasteiger partial charge in [0.25, 0.3) is 11.7 Å². The Balaban J connectivity index is 1.95. The lowest BCUT2D eigenvalue weighted by molar-refractivity contribution is -0.112. The van der Waals surface area contributed by atoms with Crippen molar-refractivity contribution in [2.45, 2.75) is 18.9 Å². The number of ether oxygens (including phenoxy) is 1. The lowest BCUT2D eigenvalue weighted by atomic mass is 10.1. The van der Waals surface area contributed by atoms with Gasteiger partial charge in [-0.25, -0.2) is 4.39 Å². The Morgan fingerprint density at radius 1 is 1.40 bits per heavy atom. The average Bonchev–Trinajstić information content (AvgIpc) is 3.21. The number of hydrogen-bond donors (Lipinski definition) is 1. The second kappa shape index (κ2) is 4.86. The van der Waals surface area contributed by atoms with Gasteiger partial charge < -0.3 is 15.0 Å². The summed E-state index contributed by atoms with van der Waals surface area (Å²) in [5, 5.41) is 2.47. The highest BCUT2D eigenvalue weighted by Gasteiger charge is 2.34. The third kappa shape index (κ3) is 2.16. The van der Waals surface area contributed by atoms with E-state index in [-0.39, 0.29) is 5.56 Å². The number of hydrogen-bond acceptors (Lipinski definition) is 4. The van der Waals surface area contributed by atoms with Gasteiger partial charge in [0.15, 0.2) is 0 Å². The summed E-state index contributed by atoms with van der Waals surface area (Å²) < 4.78 is 19.3. The Labute approximate surface area is 115 Å². The van der Waals surface area contributed by atoms with Crippen LogP contribution in [0.1, 0.15) is 23.2 Å². The number of nitrogens with one attached hydrogen (secondary N) is 1. The normalized spacial score (nSPS) is 17.1. The molecule has 5 nitrogen and oxygen atoms in total. The summed E-state index contributed by atoms with van der Waals surface area (Å²) in [4.78, 5) is 24.8. The van der Waals surface area contributed by atoms with Gasteiger partial charge in [0, 0.05) is 19.7 Å². The summed E-state index contributed by atoms with van der Waals surface area (Å²) in [6.07, 6.45) is 2.04. The lowest BCUT2D eigenvalue weighted by Crippen LogP contribution is -2.30. The van der Waals surface area contributed by atoms with E-state index in [1.165, 1.54) is 0 Å². The second-order valence-corrected chi connectivity index (χ2v) is 5.05. The summed E-state index contributed by atoms with van der Waals surface area (Å²) in [6.45, 7) is 1.08. The van der Waals surface area contributed by atoms with E-state index in [2.05, 4.69) is 5.32 Å². The molecule has 20 heavy (non-hydrogen) atoms. The predicted molar refractivity (Wildman–Crippen MR) is 71.6 cm³/mol. The Morgan fingerprint density at radius 2 is 2.15 bits per heavy atom. The fourth-order valence-electron chi connectivity index (χ4n) is 2.45. The first-order valence-corrected chi connectivity index (χ1v) is 6.56. The molecule has 0 atom stereocenters. The molecule has 2 aliphatic rings. The monoisotopic (exact) mass is 278 g/mol. The standard InChI is InChI=1S/C14H15FN2O3/c1-20-5-4-17(8-2-3-8)12-7-11-9(6-10(12)15)13(18)14(19)16-11/h6-8H,2-5H2,1H3,(H,16,18,19). The van der Waals surface area contributed by atoms with E-state index in [0.29, 0.717) is 30.6 Å². The van der Waals surface area contributed by atoms with Gasteiger partial charge in [0.05, 0.1) is 23.5 Å². The summed E-state index contributed by atoms with van der Waals surface area (Å²) in [7, 11) is 1.60. The summed E-state index contributed by atoms with van der Waals surface area (Å²) in [5.74, 6) is -1.86. The van der Waals surface area contributed by atoms with Crippen molar-refractivity contribution in [3.63, 3.8) is 0 Å². The first kappa shape index (κ1) is 13.1. The SMILES string of the molecule is COCCN(c1cc2c(cc1F)C(=O)C(=O)N2)C1CC1. The Hall–Kier alpha value is -1.95. The third-order valence-electron chi connectivity index (χ3n) is 3.62. The van der Waals surface area contributed by atoms with Crippen LogP contribution < -0.4 is 10.2 Å². The minimum atomic E-state index is -0.702. The second-order valence-electron chi connectivity index (χ2n) is 5.05. The molecule has 1 N–H and O–H groups in total. The van der Waals surface area contributed by atoms with Crippen molar-refractivity contribution in [1.82, 2.24) is 0 Å². The van der Waals surface area contributed by atoms with Crippen molar-refractivity contribution in [3.05, 3.63) is 23.5 Å². The summed E-state index contributed by atoms with van der Waals surface area (Å²) >= 11 is 0. The van der Waals surface area contributed by atoms with Gasteiger partial charge >= 0.3 is 0 Å². The van der Waals surface area contributed by atoms with Crippen LogP contribution in [0.15, 0.2) is 12.1 Å². The van der Waals surface area contributed by atoms with E-state index in [9.17, 15) is 14.0 Å². The van der Waals surface area contributed by atoms with Crippen LogP contribution in [0.2, 0.25) is 0 Å². The smallest absolute Gasteiger partial charge is 0.296 e. The number of carbonyl (C=O) groups is 2. The molecule has 1 aromatic carbocycles. The van der Waals surface area contributed by atoms with Crippen LogP contribution in [0.4, 0.5) is 15.8 Å². The van der Waals surface area contributed by atoms with Crippen molar-refractivity contribution >= 4 is 23.1 Å². The van der Waals surface area contributed by atoms with Crippen molar-refractivity contribution in [3.8, 4) is 0 Å². The molecule has 0 radical (unpaired) electrons. The van der Waals surface area contributed by atoms with Crippen LogP contribution in [0.3, 0.4) is 0 Å². The molecule has 1 fully saturated rings. The minimum absolute atomic E-state index is 0.110. The number of Topliss-reactive ketones (excluding diaryl/α,β-unsaturated/α-hetero) is 1. The molecule has 0 unspecified atom stereocenters. The zero-order chi connectivity index (χ0) is 14.3. The molecule has 1 heterocycles. The molecule has 0 bridgehead atoms. The van der Waals surface area contributed by atoms with Crippen molar-refractivity contribution in [2.75, 3.05) is 30.5 Å². The number of halogens is 1. The largest absolute Gasteiger partial charge is 0.383 e. The molecule has 0 aromatic heterocycles. The van der Waals surface area contributed by atoms with Gasteiger partial charge in [0.1, 0.15) is 5.82 Å². The molecule has 0 spiro atoms. The highest BCUT2D eigenvalue weighted by Crippen LogP contribution is 2.36. The summed E-state index contributed by atoms with van der Waals surface area (Å²) in [5.41, 5.74) is 0.913.